The Bertz CT molecular complexity index is 1040. The molecule has 1 aromatic carbocycles. The lowest BCUT2D eigenvalue weighted by Crippen LogP contribution is -2.46. The number of nitrogens with zero attached hydrogens (tertiary/aromatic N) is 6. The first-order valence-electron chi connectivity index (χ1n) is 9.69. The monoisotopic (exact) mass is 406 g/mol. The van der Waals surface area contributed by atoms with E-state index in [4.69, 9.17) is 0 Å². The van der Waals surface area contributed by atoms with Gasteiger partial charge in [0.25, 0.3) is 0 Å². The minimum absolute atomic E-state index is 0.553. The highest BCUT2D eigenvalue weighted by Gasteiger charge is 2.22. The van der Waals surface area contributed by atoms with Gasteiger partial charge in [-0.3, -0.25) is 9.88 Å². The Morgan fingerprint density at radius 1 is 0.933 bits per heavy atom. The molecule has 30 heavy (non-hydrogen) atoms. The number of nitriles is 1. The summed E-state index contributed by atoms with van der Waals surface area (Å²) < 4.78 is 26.5. The predicted octanol–water partition coefficient (Wildman–Crippen LogP) is 3.13. The summed E-state index contributed by atoms with van der Waals surface area (Å²) in [4.78, 5) is 17.5. The van der Waals surface area contributed by atoms with E-state index in [9.17, 15) is 14.0 Å². The van der Waals surface area contributed by atoms with Crippen molar-refractivity contribution in [1.29, 1.82) is 5.26 Å². The van der Waals surface area contributed by atoms with Crippen LogP contribution in [0.15, 0.2) is 54.9 Å². The summed E-state index contributed by atoms with van der Waals surface area (Å²) >= 11 is 0. The zero-order chi connectivity index (χ0) is 20.9. The SMILES string of the molecule is N#CC(c1ccccn1)c1ccnc(N2CCN(Cc3ccc(F)c(F)c3)CC2)n1. The molecule has 3 heterocycles. The quantitative estimate of drug-likeness (QED) is 0.649. The zero-order valence-electron chi connectivity index (χ0n) is 16.2. The summed E-state index contributed by atoms with van der Waals surface area (Å²) in [7, 11) is 0. The number of anilines is 1. The molecule has 0 bridgehead atoms. The number of pyridine rings is 1. The minimum atomic E-state index is -0.832. The van der Waals surface area contributed by atoms with E-state index in [1.807, 2.05) is 18.2 Å². The number of piperazine rings is 1. The molecule has 0 amide bonds. The third-order valence-electron chi connectivity index (χ3n) is 5.12. The fraction of sp³-hybridized carbons (Fsp3) is 0.273. The predicted molar refractivity (Wildman–Crippen MR) is 108 cm³/mol. The molecule has 6 nitrogen and oxygen atoms in total. The van der Waals surface area contributed by atoms with Crippen LogP contribution in [0.3, 0.4) is 0 Å². The van der Waals surface area contributed by atoms with Gasteiger partial charge >= 0.3 is 0 Å². The highest BCUT2D eigenvalue weighted by Crippen LogP contribution is 2.22. The number of hydrogen-bond acceptors (Lipinski definition) is 6. The number of hydrogen-bond donors (Lipinski definition) is 0. The van der Waals surface area contributed by atoms with Crippen LogP contribution in [0.5, 0.6) is 0 Å². The Balaban J connectivity index is 1.42. The molecular formula is C22H20F2N6. The molecule has 1 fully saturated rings. The van der Waals surface area contributed by atoms with Crippen LogP contribution in [-0.2, 0) is 6.54 Å². The summed E-state index contributed by atoms with van der Waals surface area (Å²) in [6.07, 6.45) is 3.33. The summed E-state index contributed by atoms with van der Waals surface area (Å²) in [5.74, 6) is -1.63. The molecule has 0 aliphatic carbocycles. The van der Waals surface area contributed by atoms with Crippen LogP contribution in [0.25, 0.3) is 0 Å². The molecule has 152 valence electrons. The van der Waals surface area contributed by atoms with Gasteiger partial charge in [0, 0.05) is 45.1 Å². The molecule has 0 radical (unpaired) electrons. The van der Waals surface area contributed by atoms with Crippen LogP contribution in [0.4, 0.5) is 14.7 Å². The van der Waals surface area contributed by atoms with Crippen molar-refractivity contribution >= 4 is 5.95 Å². The lowest BCUT2D eigenvalue weighted by atomic mass is 10.0. The van der Waals surface area contributed by atoms with Crippen molar-refractivity contribution in [1.82, 2.24) is 19.9 Å². The van der Waals surface area contributed by atoms with Gasteiger partial charge in [-0.1, -0.05) is 12.1 Å². The van der Waals surface area contributed by atoms with Crippen molar-refractivity contribution in [2.24, 2.45) is 0 Å². The van der Waals surface area contributed by atoms with Crippen LogP contribution >= 0.6 is 0 Å². The van der Waals surface area contributed by atoms with Gasteiger partial charge in [-0.15, -0.1) is 0 Å². The van der Waals surface area contributed by atoms with Crippen LogP contribution in [0, 0.1) is 23.0 Å². The zero-order valence-corrected chi connectivity index (χ0v) is 16.2. The number of benzene rings is 1. The second-order valence-electron chi connectivity index (χ2n) is 7.11. The van der Waals surface area contributed by atoms with Crippen LogP contribution in [-0.4, -0.2) is 46.0 Å². The maximum atomic E-state index is 13.4. The molecule has 1 atom stereocenters. The lowest BCUT2D eigenvalue weighted by molar-refractivity contribution is 0.248. The molecule has 4 rings (SSSR count). The van der Waals surface area contributed by atoms with Gasteiger partial charge in [0.15, 0.2) is 11.6 Å². The van der Waals surface area contributed by atoms with Crippen molar-refractivity contribution in [3.63, 3.8) is 0 Å². The van der Waals surface area contributed by atoms with Gasteiger partial charge in [0.05, 0.1) is 17.5 Å². The van der Waals surface area contributed by atoms with E-state index in [1.54, 1.807) is 24.5 Å². The van der Waals surface area contributed by atoms with E-state index in [0.29, 0.717) is 37.0 Å². The molecule has 0 saturated carbocycles. The smallest absolute Gasteiger partial charge is 0.225 e. The van der Waals surface area contributed by atoms with E-state index in [-0.39, 0.29) is 0 Å². The van der Waals surface area contributed by atoms with Crippen LogP contribution < -0.4 is 4.90 Å². The maximum Gasteiger partial charge on any atom is 0.225 e. The summed E-state index contributed by atoms with van der Waals surface area (Å²) in [5.41, 5.74) is 2.01. The average Bonchev–Trinajstić information content (AvgIpc) is 2.78. The summed E-state index contributed by atoms with van der Waals surface area (Å²) in [6, 6.07) is 13.5. The highest BCUT2D eigenvalue weighted by molar-refractivity contribution is 5.36. The third kappa shape index (κ3) is 4.42. The average molecular weight is 406 g/mol. The van der Waals surface area contributed by atoms with Gasteiger partial charge in [0.1, 0.15) is 5.92 Å². The van der Waals surface area contributed by atoms with Crippen LogP contribution in [0.1, 0.15) is 22.9 Å². The van der Waals surface area contributed by atoms with Crippen molar-refractivity contribution in [3.05, 3.63) is 83.4 Å². The van der Waals surface area contributed by atoms with Crippen molar-refractivity contribution < 1.29 is 8.78 Å². The van der Waals surface area contributed by atoms with Crippen molar-refractivity contribution in [2.75, 3.05) is 31.1 Å². The topological polar surface area (TPSA) is 68.9 Å². The third-order valence-corrected chi connectivity index (χ3v) is 5.12. The molecule has 8 heteroatoms. The summed E-state index contributed by atoms with van der Waals surface area (Å²) in [6.45, 7) is 3.45. The first-order valence-corrected chi connectivity index (χ1v) is 9.69. The second-order valence-corrected chi connectivity index (χ2v) is 7.11. The molecule has 1 unspecified atom stereocenters. The van der Waals surface area contributed by atoms with E-state index in [2.05, 4.69) is 30.8 Å². The molecule has 2 aromatic heterocycles. The highest BCUT2D eigenvalue weighted by atomic mass is 19.2. The molecule has 0 spiro atoms. The molecule has 1 saturated heterocycles. The minimum Gasteiger partial charge on any atom is -0.338 e. The van der Waals surface area contributed by atoms with E-state index in [0.717, 1.165) is 24.7 Å². The van der Waals surface area contributed by atoms with Gasteiger partial charge in [0.2, 0.25) is 5.95 Å². The van der Waals surface area contributed by atoms with Gasteiger partial charge < -0.3 is 4.90 Å². The van der Waals surface area contributed by atoms with E-state index >= 15 is 0 Å². The van der Waals surface area contributed by atoms with Gasteiger partial charge in [-0.25, -0.2) is 18.7 Å². The first-order chi connectivity index (χ1) is 14.6. The Kier molecular flexibility index (Phi) is 5.91. The van der Waals surface area contributed by atoms with Crippen molar-refractivity contribution in [2.45, 2.75) is 12.5 Å². The Hall–Kier alpha value is -3.44. The maximum absolute atomic E-state index is 13.4. The van der Waals surface area contributed by atoms with Gasteiger partial charge in [-0.2, -0.15) is 5.26 Å². The first kappa shape index (κ1) is 19.9. The fourth-order valence-corrected chi connectivity index (χ4v) is 3.51. The standard InChI is InChI=1S/C22H20F2N6/c23-18-5-4-16(13-19(18)24)15-29-9-11-30(12-10-29)22-27-8-6-21(28-22)17(14-25)20-3-1-2-7-26-20/h1-8,13,17H,9-12,15H2. The largest absolute Gasteiger partial charge is 0.338 e. The fourth-order valence-electron chi connectivity index (χ4n) is 3.51. The molecular weight excluding hydrogens is 386 g/mol. The lowest BCUT2D eigenvalue weighted by Gasteiger charge is -2.34. The number of aromatic nitrogens is 3. The van der Waals surface area contributed by atoms with Crippen molar-refractivity contribution in [3.8, 4) is 6.07 Å². The Labute approximate surface area is 173 Å². The Morgan fingerprint density at radius 2 is 1.77 bits per heavy atom. The van der Waals surface area contributed by atoms with E-state index in [1.165, 1.54) is 6.07 Å². The van der Waals surface area contributed by atoms with Crippen LogP contribution in [0.2, 0.25) is 0 Å². The van der Waals surface area contributed by atoms with E-state index < -0.39 is 17.6 Å². The Morgan fingerprint density at radius 3 is 2.47 bits per heavy atom. The molecule has 1 aliphatic rings. The molecule has 3 aromatic rings. The second kappa shape index (κ2) is 8.93. The number of halogens is 2. The normalized spacial score (nSPS) is 15.6. The van der Waals surface area contributed by atoms with Gasteiger partial charge in [-0.05, 0) is 35.9 Å². The molecule has 1 aliphatic heterocycles. The number of rotatable bonds is 5. The summed E-state index contributed by atoms with van der Waals surface area (Å²) in [5, 5.41) is 9.62. The molecule has 0 N–H and O–H groups in total.